The average molecular weight is 284 g/mol. The third kappa shape index (κ3) is 2.91. The molecular formula is C18H20OS. The van der Waals surface area contributed by atoms with Gasteiger partial charge in [-0.15, -0.1) is 0 Å². The summed E-state index contributed by atoms with van der Waals surface area (Å²) >= 11 is 0. The first-order valence-corrected chi connectivity index (χ1v) is 8.65. The standard InChI is InChI=1S/C18H20OS/c1-2-3-10-19-17-8-6-16-14-18(9-7-15(16)13-17)20-11-4-5-12-20/h4-9,11-14,20H,2-3,10H2,1H3. The van der Waals surface area contributed by atoms with Crippen LogP contribution in [0.1, 0.15) is 19.8 Å². The van der Waals surface area contributed by atoms with E-state index in [1.807, 2.05) is 0 Å². The zero-order valence-electron chi connectivity index (χ0n) is 11.8. The summed E-state index contributed by atoms with van der Waals surface area (Å²) in [5.74, 6) is 0.977. The van der Waals surface area contributed by atoms with Gasteiger partial charge in [0.15, 0.2) is 0 Å². The van der Waals surface area contributed by atoms with Gasteiger partial charge in [0.1, 0.15) is 5.75 Å². The predicted octanol–water partition coefficient (Wildman–Crippen LogP) is 5.42. The number of allylic oxidation sites excluding steroid dienone is 2. The van der Waals surface area contributed by atoms with Gasteiger partial charge in [-0.2, -0.15) is 10.9 Å². The molecule has 0 saturated heterocycles. The molecule has 0 unspecified atom stereocenters. The smallest absolute Gasteiger partial charge is 0.119 e. The van der Waals surface area contributed by atoms with Crippen molar-refractivity contribution in [3.63, 3.8) is 0 Å². The lowest BCUT2D eigenvalue weighted by molar-refractivity contribution is 0.310. The second-order valence-electron chi connectivity index (χ2n) is 4.99. The molecule has 0 aliphatic carbocycles. The Hall–Kier alpha value is -1.67. The van der Waals surface area contributed by atoms with Crippen LogP contribution in [0.5, 0.6) is 5.75 Å². The summed E-state index contributed by atoms with van der Waals surface area (Å²) in [4.78, 5) is 1.41. The number of hydrogen-bond acceptors (Lipinski definition) is 1. The molecule has 2 heteroatoms. The minimum absolute atomic E-state index is 0.225. The van der Waals surface area contributed by atoms with Crippen LogP contribution in [0.15, 0.2) is 64.3 Å². The molecule has 0 spiro atoms. The Labute approximate surface area is 123 Å². The van der Waals surface area contributed by atoms with E-state index in [0.717, 1.165) is 18.8 Å². The van der Waals surface area contributed by atoms with Crippen molar-refractivity contribution < 1.29 is 4.74 Å². The molecular weight excluding hydrogens is 264 g/mol. The number of rotatable bonds is 5. The van der Waals surface area contributed by atoms with Crippen LogP contribution >= 0.6 is 10.9 Å². The molecule has 0 N–H and O–H groups in total. The fourth-order valence-electron chi connectivity index (χ4n) is 2.30. The zero-order valence-corrected chi connectivity index (χ0v) is 12.6. The second-order valence-corrected chi connectivity index (χ2v) is 6.91. The Morgan fingerprint density at radius 1 is 0.950 bits per heavy atom. The van der Waals surface area contributed by atoms with Gasteiger partial charge in [0.05, 0.1) is 6.61 Å². The predicted molar refractivity (Wildman–Crippen MR) is 89.9 cm³/mol. The van der Waals surface area contributed by atoms with E-state index >= 15 is 0 Å². The SMILES string of the molecule is CCCCOc1ccc2cc([SH]3C=CC=C3)ccc2c1. The van der Waals surface area contributed by atoms with E-state index in [0.29, 0.717) is 0 Å². The maximum Gasteiger partial charge on any atom is 0.119 e. The topological polar surface area (TPSA) is 9.23 Å². The molecule has 20 heavy (non-hydrogen) atoms. The number of thiol groups is 1. The molecule has 0 bridgehead atoms. The molecule has 104 valence electrons. The lowest BCUT2D eigenvalue weighted by Gasteiger charge is -2.12. The fraction of sp³-hybridized carbons (Fsp3) is 0.222. The van der Waals surface area contributed by atoms with Crippen LogP contribution in [0, 0.1) is 0 Å². The molecule has 1 aliphatic heterocycles. The zero-order chi connectivity index (χ0) is 13.8. The quantitative estimate of drug-likeness (QED) is 0.569. The highest BCUT2D eigenvalue weighted by molar-refractivity contribution is 8.22. The fourth-order valence-corrected chi connectivity index (χ4v) is 3.85. The summed E-state index contributed by atoms with van der Waals surface area (Å²) < 4.78 is 5.77. The van der Waals surface area contributed by atoms with E-state index in [1.165, 1.54) is 22.1 Å². The van der Waals surface area contributed by atoms with Crippen LogP contribution in [0.3, 0.4) is 0 Å². The Kier molecular flexibility index (Phi) is 4.12. The summed E-state index contributed by atoms with van der Waals surface area (Å²) in [6, 6.07) is 13.1. The lowest BCUT2D eigenvalue weighted by atomic mass is 10.1. The van der Waals surface area contributed by atoms with Crippen molar-refractivity contribution in [1.82, 2.24) is 0 Å². The number of benzene rings is 2. The van der Waals surface area contributed by atoms with Gasteiger partial charge in [-0.25, -0.2) is 0 Å². The van der Waals surface area contributed by atoms with Crippen molar-refractivity contribution in [3.8, 4) is 5.75 Å². The van der Waals surface area contributed by atoms with E-state index < -0.39 is 0 Å². The molecule has 0 fully saturated rings. The second kappa shape index (κ2) is 6.19. The highest BCUT2D eigenvalue weighted by Crippen LogP contribution is 2.42. The molecule has 2 aromatic carbocycles. The summed E-state index contributed by atoms with van der Waals surface area (Å²) in [7, 11) is -0.225. The van der Waals surface area contributed by atoms with E-state index in [-0.39, 0.29) is 10.9 Å². The summed E-state index contributed by atoms with van der Waals surface area (Å²) in [6.07, 6.45) is 6.56. The Bertz CT molecular complexity index is 646. The number of hydrogen-bond donors (Lipinski definition) is 1. The monoisotopic (exact) mass is 284 g/mol. The Balaban J connectivity index is 1.83. The van der Waals surface area contributed by atoms with Gasteiger partial charge < -0.3 is 4.74 Å². The lowest BCUT2D eigenvalue weighted by Crippen LogP contribution is -1.95. The van der Waals surface area contributed by atoms with E-state index in [2.05, 4.69) is 66.3 Å². The van der Waals surface area contributed by atoms with E-state index in [4.69, 9.17) is 4.74 Å². The van der Waals surface area contributed by atoms with Crippen LogP contribution < -0.4 is 4.74 Å². The first kappa shape index (κ1) is 13.3. The summed E-state index contributed by atoms with van der Waals surface area (Å²) in [5.41, 5.74) is 0. The van der Waals surface area contributed by atoms with Crippen molar-refractivity contribution in [2.24, 2.45) is 0 Å². The van der Waals surface area contributed by atoms with E-state index in [1.54, 1.807) is 0 Å². The van der Waals surface area contributed by atoms with Crippen molar-refractivity contribution in [3.05, 3.63) is 59.4 Å². The average Bonchev–Trinajstić information content (AvgIpc) is 3.01. The first-order chi connectivity index (χ1) is 9.86. The van der Waals surface area contributed by atoms with Crippen LogP contribution in [0.4, 0.5) is 0 Å². The van der Waals surface area contributed by atoms with Crippen molar-refractivity contribution in [2.45, 2.75) is 24.7 Å². The van der Waals surface area contributed by atoms with Crippen molar-refractivity contribution in [2.75, 3.05) is 6.61 Å². The van der Waals surface area contributed by atoms with Crippen LogP contribution in [0.2, 0.25) is 0 Å². The minimum atomic E-state index is -0.225. The molecule has 3 rings (SSSR count). The van der Waals surface area contributed by atoms with Crippen molar-refractivity contribution >= 4 is 21.7 Å². The van der Waals surface area contributed by atoms with Crippen LogP contribution in [-0.4, -0.2) is 6.61 Å². The van der Waals surface area contributed by atoms with Gasteiger partial charge in [0.2, 0.25) is 0 Å². The summed E-state index contributed by atoms with van der Waals surface area (Å²) in [5, 5.41) is 7.13. The maximum atomic E-state index is 5.77. The highest BCUT2D eigenvalue weighted by atomic mass is 32.2. The van der Waals surface area contributed by atoms with E-state index in [9.17, 15) is 0 Å². The van der Waals surface area contributed by atoms with Gasteiger partial charge in [-0.1, -0.05) is 37.6 Å². The van der Waals surface area contributed by atoms with Crippen molar-refractivity contribution in [1.29, 1.82) is 0 Å². The third-order valence-electron chi connectivity index (χ3n) is 3.46. The molecule has 0 saturated carbocycles. The molecule has 2 aromatic rings. The highest BCUT2D eigenvalue weighted by Gasteiger charge is 2.05. The molecule has 1 nitrogen and oxygen atoms in total. The van der Waals surface area contributed by atoms with Gasteiger partial charge in [0.25, 0.3) is 0 Å². The normalized spacial score (nSPS) is 15.2. The number of unbranched alkanes of at least 4 members (excludes halogenated alkanes) is 1. The Morgan fingerprint density at radius 3 is 2.50 bits per heavy atom. The maximum absolute atomic E-state index is 5.77. The molecule has 1 heterocycles. The van der Waals surface area contributed by atoms with Gasteiger partial charge in [0, 0.05) is 0 Å². The van der Waals surface area contributed by atoms with Crippen LogP contribution in [0.25, 0.3) is 10.8 Å². The largest absolute Gasteiger partial charge is 0.494 e. The van der Waals surface area contributed by atoms with Gasteiger partial charge >= 0.3 is 0 Å². The van der Waals surface area contributed by atoms with Crippen LogP contribution in [-0.2, 0) is 0 Å². The Morgan fingerprint density at radius 2 is 1.70 bits per heavy atom. The molecule has 0 atom stereocenters. The first-order valence-electron chi connectivity index (χ1n) is 7.17. The number of ether oxygens (including phenoxy) is 1. The molecule has 0 aromatic heterocycles. The third-order valence-corrected chi connectivity index (χ3v) is 5.33. The minimum Gasteiger partial charge on any atom is -0.494 e. The number of fused-ring (bicyclic) bond motifs is 1. The molecule has 1 aliphatic rings. The molecule has 0 amide bonds. The summed E-state index contributed by atoms with van der Waals surface area (Å²) in [6.45, 7) is 2.99. The van der Waals surface area contributed by atoms with Gasteiger partial charge in [-0.05, 0) is 57.2 Å². The molecule has 0 radical (unpaired) electrons. The van der Waals surface area contributed by atoms with Gasteiger partial charge in [-0.3, -0.25) is 0 Å².